The van der Waals surface area contributed by atoms with Gasteiger partial charge in [-0.1, -0.05) is 20.8 Å². The van der Waals surface area contributed by atoms with Crippen molar-refractivity contribution in [3.8, 4) is 0 Å². The molecule has 0 aliphatic heterocycles. The molecule has 0 fully saturated rings. The van der Waals surface area contributed by atoms with Gasteiger partial charge >= 0.3 is 0 Å². The van der Waals surface area contributed by atoms with E-state index in [0.717, 1.165) is 6.42 Å². The lowest BCUT2D eigenvalue weighted by molar-refractivity contribution is 0.238. The van der Waals surface area contributed by atoms with Crippen molar-refractivity contribution in [1.29, 1.82) is 0 Å². The maximum absolute atomic E-state index is 10.0. The number of nitrogens with zero attached hydrogens (tertiary/aromatic N) is 2. The van der Waals surface area contributed by atoms with Crippen molar-refractivity contribution in [2.75, 3.05) is 13.2 Å². The Hall–Kier alpha value is -0.640. The molecule has 0 aromatic heterocycles. The summed E-state index contributed by atoms with van der Waals surface area (Å²) < 4.78 is 0. The monoisotopic (exact) mass is 159 g/mol. The van der Waals surface area contributed by atoms with Crippen LogP contribution in [0.1, 0.15) is 27.2 Å². The zero-order valence-corrected chi connectivity index (χ0v) is 7.50. The van der Waals surface area contributed by atoms with Crippen molar-refractivity contribution >= 4 is 0 Å². The molecule has 4 nitrogen and oxygen atoms in total. The lowest BCUT2D eigenvalue weighted by Crippen LogP contribution is -2.27. The Morgan fingerprint density at radius 3 is 2.27 bits per heavy atom. The van der Waals surface area contributed by atoms with Crippen molar-refractivity contribution in [2.45, 2.75) is 27.2 Å². The molecular formula is C7H17N3O. The molecule has 0 atom stereocenters. The largest absolute Gasteiger partial charge is 0.313 e. The molecular weight excluding hydrogens is 142 g/mol. The number of hydrogen-bond donors (Lipinski definition) is 1. The summed E-state index contributed by atoms with van der Waals surface area (Å²) >= 11 is 0. The molecule has 0 radical (unpaired) electrons. The fraction of sp³-hybridized carbons (Fsp3) is 1.00. The minimum atomic E-state index is 0.208. The molecule has 0 amide bonds. The van der Waals surface area contributed by atoms with Crippen LogP contribution in [0.4, 0.5) is 0 Å². The van der Waals surface area contributed by atoms with Crippen LogP contribution in [0.2, 0.25) is 0 Å². The van der Waals surface area contributed by atoms with Gasteiger partial charge in [-0.25, -0.2) is 5.01 Å². The maximum Gasteiger partial charge on any atom is 0.0861 e. The summed E-state index contributed by atoms with van der Waals surface area (Å²) in [5.41, 5.74) is 5.48. The molecule has 0 aliphatic carbocycles. The van der Waals surface area contributed by atoms with Gasteiger partial charge in [0.15, 0.2) is 0 Å². The Bertz CT molecular complexity index is 119. The van der Waals surface area contributed by atoms with E-state index in [9.17, 15) is 4.91 Å². The van der Waals surface area contributed by atoms with Crippen molar-refractivity contribution in [3.63, 3.8) is 0 Å². The summed E-state index contributed by atoms with van der Waals surface area (Å²) in [5.74, 6) is 0. The van der Waals surface area contributed by atoms with E-state index in [1.54, 1.807) is 0 Å². The molecule has 0 saturated heterocycles. The van der Waals surface area contributed by atoms with Gasteiger partial charge in [0.05, 0.1) is 12.0 Å². The normalized spacial score (nSPS) is 11.3. The number of hydrogen-bond acceptors (Lipinski definition) is 3. The molecule has 4 heteroatoms. The second kappa shape index (κ2) is 4.28. The van der Waals surface area contributed by atoms with Crippen molar-refractivity contribution < 1.29 is 0 Å². The number of rotatable bonds is 4. The summed E-state index contributed by atoms with van der Waals surface area (Å²) in [5, 5.41) is 4.09. The molecule has 66 valence electrons. The van der Waals surface area contributed by atoms with E-state index in [4.69, 9.17) is 5.73 Å². The van der Waals surface area contributed by atoms with E-state index in [1.807, 2.05) is 0 Å². The minimum absolute atomic E-state index is 0.208. The van der Waals surface area contributed by atoms with Crippen LogP contribution in [0, 0.1) is 10.3 Å². The van der Waals surface area contributed by atoms with Crippen LogP contribution in [0.15, 0.2) is 5.29 Å². The first-order chi connectivity index (χ1) is 4.99. The predicted octanol–water partition coefficient (Wildman–Crippen LogP) is 1.32. The first-order valence-corrected chi connectivity index (χ1v) is 3.78. The quantitative estimate of drug-likeness (QED) is 0.382. The Labute approximate surface area is 67.7 Å². The summed E-state index contributed by atoms with van der Waals surface area (Å²) in [4.78, 5) is 10.0. The second-order valence-electron chi connectivity index (χ2n) is 3.80. The summed E-state index contributed by atoms with van der Waals surface area (Å²) in [6.07, 6.45) is 0.927. The Morgan fingerprint density at radius 2 is 2.00 bits per heavy atom. The Kier molecular flexibility index (Phi) is 4.03. The van der Waals surface area contributed by atoms with E-state index >= 15 is 0 Å². The molecule has 0 saturated carbocycles. The van der Waals surface area contributed by atoms with Crippen molar-refractivity contribution in [1.82, 2.24) is 5.01 Å². The molecule has 0 aliphatic rings. The second-order valence-corrected chi connectivity index (χ2v) is 3.80. The van der Waals surface area contributed by atoms with Gasteiger partial charge in [-0.2, -0.15) is 0 Å². The van der Waals surface area contributed by atoms with Crippen LogP contribution in [-0.2, 0) is 0 Å². The van der Waals surface area contributed by atoms with E-state index in [-0.39, 0.29) is 12.1 Å². The molecule has 0 aromatic carbocycles. The molecule has 0 heterocycles. The number of nitroso groups, excluding NO2 is 1. The third kappa shape index (κ3) is 5.79. The zero-order valence-electron chi connectivity index (χ0n) is 7.50. The third-order valence-corrected chi connectivity index (χ3v) is 1.45. The van der Waals surface area contributed by atoms with Crippen LogP contribution in [0.25, 0.3) is 0 Å². The fourth-order valence-corrected chi connectivity index (χ4v) is 0.630. The highest BCUT2D eigenvalue weighted by Gasteiger charge is 2.11. The van der Waals surface area contributed by atoms with Crippen molar-refractivity contribution in [3.05, 3.63) is 4.91 Å². The van der Waals surface area contributed by atoms with Crippen molar-refractivity contribution in [2.24, 2.45) is 16.4 Å². The Balaban J connectivity index is 3.59. The lowest BCUT2D eigenvalue weighted by atomic mass is 9.92. The summed E-state index contributed by atoms with van der Waals surface area (Å²) in [7, 11) is 0. The predicted molar refractivity (Wildman–Crippen MR) is 45.6 cm³/mol. The summed E-state index contributed by atoms with van der Waals surface area (Å²) in [6.45, 7) is 7.20. The van der Waals surface area contributed by atoms with Gasteiger partial charge in [-0.15, -0.1) is 4.91 Å². The average Bonchev–Trinajstić information content (AvgIpc) is 1.88. The first-order valence-electron chi connectivity index (χ1n) is 3.78. The standard InChI is InChI=1S/C7H17N3O/c1-7(2,3)4-5-10(6-8)9-11/h4-6,8H2,1-3H3. The van der Waals surface area contributed by atoms with Gasteiger partial charge in [0.25, 0.3) is 0 Å². The maximum atomic E-state index is 10.0. The van der Waals surface area contributed by atoms with Gasteiger partial charge in [0.2, 0.25) is 0 Å². The molecule has 0 aromatic rings. The third-order valence-electron chi connectivity index (χ3n) is 1.45. The average molecular weight is 159 g/mol. The van der Waals surface area contributed by atoms with Crippen LogP contribution < -0.4 is 5.73 Å². The van der Waals surface area contributed by atoms with Crippen LogP contribution >= 0.6 is 0 Å². The Morgan fingerprint density at radius 1 is 1.45 bits per heavy atom. The lowest BCUT2D eigenvalue weighted by Gasteiger charge is -2.21. The van der Waals surface area contributed by atoms with E-state index in [1.165, 1.54) is 5.01 Å². The van der Waals surface area contributed by atoms with Gasteiger partial charge in [0, 0.05) is 6.54 Å². The zero-order chi connectivity index (χ0) is 8.91. The molecule has 0 rings (SSSR count). The SMILES string of the molecule is CC(C)(C)CCN(CN)N=O. The molecule has 0 unspecified atom stereocenters. The van der Waals surface area contributed by atoms with E-state index in [2.05, 4.69) is 26.1 Å². The molecule has 2 N–H and O–H groups in total. The summed E-state index contributed by atoms with van der Waals surface area (Å²) in [6, 6.07) is 0. The van der Waals surface area contributed by atoms with E-state index in [0.29, 0.717) is 6.54 Å². The van der Waals surface area contributed by atoms with Gasteiger partial charge in [0.1, 0.15) is 0 Å². The molecule has 0 spiro atoms. The van der Waals surface area contributed by atoms with Gasteiger partial charge < -0.3 is 5.73 Å². The van der Waals surface area contributed by atoms with Gasteiger partial charge in [-0.3, -0.25) is 0 Å². The molecule has 11 heavy (non-hydrogen) atoms. The first kappa shape index (κ1) is 10.4. The molecule has 0 bridgehead atoms. The topological polar surface area (TPSA) is 58.7 Å². The van der Waals surface area contributed by atoms with Crippen LogP contribution in [-0.4, -0.2) is 18.2 Å². The van der Waals surface area contributed by atoms with Crippen LogP contribution in [0.3, 0.4) is 0 Å². The van der Waals surface area contributed by atoms with Gasteiger partial charge in [-0.05, 0) is 11.8 Å². The highest BCUT2D eigenvalue weighted by Crippen LogP contribution is 2.18. The fourth-order valence-electron chi connectivity index (χ4n) is 0.630. The van der Waals surface area contributed by atoms with E-state index < -0.39 is 0 Å². The highest BCUT2D eigenvalue weighted by molar-refractivity contribution is 4.63. The minimum Gasteiger partial charge on any atom is -0.313 e. The van der Waals surface area contributed by atoms with Crippen LogP contribution in [0.5, 0.6) is 0 Å². The smallest absolute Gasteiger partial charge is 0.0861 e. The number of nitrogens with two attached hydrogens (primary N) is 1. The highest BCUT2D eigenvalue weighted by atomic mass is 16.3.